The number of nitrogens with one attached hydrogen (secondary N) is 1. The van der Waals surface area contributed by atoms with Gasteiger partial charge in [0, 0.05) is 24.2 Å². The van der Waals surface area contributed by atoms with E-state index in [-0.39, 0.29) is 5.89 Å². The Bertz CT molecular complexity index is 544. The second kappa shape index (κ2) is 4.49. The van der Waals surface area contributed by atoms with Crippen molar-refractivity contribution in [3.8, 4) is 11.5 Å². The smallest absolute Gasteiger partial charge is 0.226 e. The Balaban J connectivity index is 1.78. The van der Waals surface area contributed by atoms with Crippen LogP contribution in [0, 0.1) is 11.6 Å². The zero-order valence-corrected chi connectivity index (χ0v) is 9.62. The van der Waals surface area contributed by atoms with E-state index in [1.54, 1.807) is 0 Å². The lowest BCUT2D eigenvalue weighted by molar-refractivity contribution is 0.561. The van der Waals surface area contributed by atoms with Crippen LogP contribution < -0.4 is 5.32 Å². The van der Waals surface area contributed by atoms with Crippen LogP contribution in [0.15, 0.2) is 28.9 Å². The van der Waals surface area contributed by atoms with Gasteiger partial charge in [-0.05, 0) is 25.0 Å². The molecule has 1 aromatic heterocycles. The highest BCUT2D eigenvalue weighted by Gasteiger charge is 2.20. The van der Waals surface area contributed by atoms with Gasteiger partial charge in [0.1, 0.15) is 17.9 Å². The largest absolute Gasteiger partial charge is 0.444 e. The maximum Gasteiger partial charge on any atom is 0.226 e. The summed E-state index contributed by atoms with van der Waals surface area (Å²) in [5, 5.41) is 3.29. The van der Waals surface area contributed by atoms with E-state index in [4.69, 9.17) is 4.42 Å². The van der Waals surface area contributed by atoms with Gasteiger partial charge in [-0.3, -0.25) is 0 Å². The highest BCUT2D eigenvalue weighted by molar-refractivity contribution is 5.53. The van der Waals surface area contributed by atoms with Crippen LogP contribution in [0.25, 0.3) is 11.5 Å². The fourth-order valence-electron chi connectivity index (χ4n) is 1.73. The molecule has 1 aliphatic carbocycles. The summed E-state index contributed by atoms with van der Waals surface area (Å²) in [5.74, 6) is -1.04. The first kappa shape index (κ1) is 11.3. The third kappa shape index (κ3) is 2.56. The molecule has 1 aromatic carbocycles. The van der Waals surface area contributed by atoms with Crippen molar-refractivity contribution in [2.45, 2.75) is 25.4 Å². The van der Waals surface area contributed by atoms with Crippen molar-refractivity contribution in [2.24, 2.45) is 0 Å². The first-order valence-corrected chi connectivity index (χ1v) is 5.85. The van der Waals surface area contributed by atoms with Crippen molar-refractivity contribution in [3.05, 3.63) is 41.8 Å². The van der Waals surface area contributed by atoms with E-state index in [1.165, 1.54) is 31.2 Å². The molecule has 0 aliphatic heterocycles. The Labute approximate surface area is 103 Å². The maximum atomic E-state index is 13.1. The summed E-state index contributed by atoms with van der Waals surface area (Å²) in [6.07, 6.45) is 3.90. The SMILES string of the molecule is Fc1cc(F)cc(-c2nc(CNC3CC3)co2)c1. The minimum Gasteiger partial charge on any atom is -0.444 e. The van der Waals surface area contributed by atoms with Crippen LogP contribution in [0.5, 0.6) is 0 Å². The number of hydrogen-bond acceptors (Lipinski definition) is 3. The molecule has 0 amide bonds. The Hall–Kier alpha value is -1.75. The van der Waals surface area contributed by atoms with Crippen LogP contribution in [0.3, 0.4) is 0 Å². The van der Waals surface area contributed by atoms with E-state index < -0.39 is 11.6 Å². The quantitative estimate of drug-likeness (QED) is 0.906. The molecule has 1 aliphatic rings. The van der Waals surface area contributed by atoms with Gasteiger partial charge in [0.25, 0.3) is 0 Å². The van der Waals surface area contributed by atoms with Crippen molar-refractivity contribution < 1.29 is 13.2 Å². The number of oxazole rings is 1. The van der Waals surface area contributed by atoms with Crippen LogP contribution >= 0.6 is 0 Å². The van der Waals surface area contributed by atoms with E-state index in [1.807, 2.05) is 0 Å². The number of hydrogen-bond donors (Lipinski definition) is 1. The summed E-state index contributed by atoms with van der Waals surface area (Å²) in [6, 6.07) is 3.80. The molecular weight excluding hydrogens is 238 g/mol. The molecule has 1 N–H and O–H groups in total. The van der Waals surface area contributed by atoms with Gasteiger partial charge in [-0.25, -0.2) is 13.8 Å². The Kier molecular flexibility index (Phi) is 2.83. The van der Waals surface area contributed by atoms with E-state index in [2.05, 4.69) is 10.3 Å². The topological polar surface area (TPSA) is 38.1 Å². The van der Waals surface area contributed by atoms with Gasteiger partial charge >= 0.3 is 0 Å². The number of aromatic nitrogens is 1. The third-order valence-electron chi connectivity index (χ3n) is 2.81. The molecule has 0 radical (unpaired) electrons. The molecule has 18 heavy (non-hydrogen) atoms. The fourth-order valence-corrected chi connectivity index (χ4v) is 1.73. The standard InChI is InChI=1S/C13H12F2N2O/c14-9-3-8(4-10(15)5-9)13-17-12(7-18-13)6-16-11-1-2-11/h3-5,7,11,16H,1-2,6H2. The van der Waals surface area contributed by atoms with Gasteiger partial charge < -0.3 is 9.73 Å². The molecule has 0 spiro atoms. The molecule has 3 nitrogen and oxygen atoms in total. The van der Waals surface area contributed by atoms with Crippen molar-refractivity contribution >= 4 is 0 Å². The van der Waals surface area contributed by atoms with Crippen LogP contribution in [-0.4, -0.2) is 11.0 Å². The van der Waals surface area contributed by atoms with E-state index in [0.717, 1.165) is 11.8 Å². The molecule has 0 atom stereocenters. The lowest BCUT2D eigenvalue weighted by Gasteiger charge is -1.97. The summed E-state index contributed by atoms with van der Waals surface area (Å²) in [5.41, 5.74) is 1.05. The van der Waals surface area contributed by atoms with Crippen molar-refractivity contribution in [2.75, 3.05) is 0 Å². The Morgan fingerprint density at radius 2 is 1.94 bits per heavy atom. The summed E-state index contributed by atoms with van der Waals surface area (Å²) >= 11 is 0. The van der Waals surface area contributed by atoms with Crippen LogP contribution in [0.2, 0.25) is 0 Å². The molecule has 2 aromatic rings. The molecular formula is C13H12F2N2O. The average Bonchev–Trinajstić information content (AvgIpc) is 3.02. The van der Waals surface area contributed by atoms with Crippen LogP contribution in [0.4, 0.5) is 8.78 Å². The third-order valence-corrected chi connectivity index (χ3v) is 2.81. The second-order valence-electron chi connectivity index (χ2n) is 4.46. The highest BCUT2D eigenvalue weighted by Crippen LogP contribution is 2.22. The van der Waals surface area contributed by atoms with Gasteiger partial charge in [0.2, 0.25) is 5.89 Å². The van der Waals surface area contributed by atoms with Gasteiger partial charge in [0.15, 0.2) is 0 Å². The maximum absolute atomic E-state index is 13.1. The van der Waals surface area contributed by atoms with E-state index >= 15 is 0 Å². The molecule has 0 unspecified atom stereocenters. The lowest BCUT2D eigenvalue weighted by Crippen LogP contribution is -2.15. The minimum absolute atomic E-state index is 0.237. The number of benzene rings is 1. The summed E-state index contributed by atoms with van der Waals surface area (Å²) < 4.78 is 31.4. The lowest BCUT2D eigenvalue weighted by atomic mass is 10.2. The molecule has 5 heteroatoms. The van der Waals surface area contributed by atoms with Gasteiger partial charge in [0.05, 0.1) is 5.69 Å². The van der Waals surface area contributed by atoms with Gasteiger partial charge in [-0.1, -0.05) is 0 Å². The van der Waals surface area contributed by atoms with E-state index in [0.29, 0.717) is 18.2 Å². The molecule has 1 saturated carbocycles. The fraction of sp³-hybridized carbons (Fsp3) is 0.308. The second-order valence-corrected chi connectivity index (χ2v) is 4.46. The summed E-state index contributed by atoms with van der Waals surface area (Å²) in [4.78, 5) is 4.20. The van der Waals surface area contributed by atoms with Gasteiger partial charge in [-0.2, -0.15) is 0 Å². The number of nitrogens with zero attached hydrogens (tertiary/aromatic N) is 1. The van der Waals surface area contributed by atoms with Gasteiger partial charge in [-0.15, -0.1) is 0 Å². The zero-order valence-electron chi connectivity index (χ0n) is 9.62. The highest BCUT2D eigenvalue weighted by atomic mass is 19.1. The first-order chi connectivity index (χ1) is 8.70. The molecule has 1 heterocycles. The first-order valence-electron chi connectivity index (χ1n) is 5.85. The normalized spacial score (nSPS) is 15.0. The molecule has 94 valence electrons. The van der Waals surface area contributed by atoms with Crippen molar-refractivity contribution in [1.82, 2.24) is 10.3 Å². The van der Waals surface area contributed by atoms with Crippen molar-refractivity contribution in [1.29, 1.82) is 0 Å². The molecule has 0 bridgehead atoms. The molecule has 1 fully saturated rings. The summed E-state index contributed by atoms with van der Waals surface area (Å²) in [7, 11) is 0. The Morgan fingerprint density at radius 1 is 1.22 bits per heavy atom. The predicted octanol–water partition coefficient (Wildman–Crippen LogP) is 2.87. The monoisotopic (exact) mass is 250 g/mol. The van der Waals surface area contributed by atoms with Crippen molar-refractivity contribution in [3.63, 3.8) is 0 Å². The molecule has 3 rings (SSSR count). The van der Waals surface area contributed by atoms with Crippen LogP contribution in [-0.2, 0) is 6.54 Å². The number of halogens is 2. The predicted molar refractivity (Wildman–Crippen MR) is 61.7 cm³/mol. The van der Waals surface area contributed by atoms with E-state index in [9.17, 15) is 8.78 Å². The minimum atomic E-state index is -0.638. The molecule has 0 saturated heterocycles. The zero-order chi connectivity index (χ0) is 12.5. The summed E-state index contributed by atoms with van der Waals surface area (Å²) in [6.45, 7) is 0.617. The number of rotatable bonds is 4. The Morgan fingerprint density at radius 3 is 2.61 bits per heavy atom. The van der Waals surface area contributed by atoms with Crippen LogP contribution in [0.1, 0.15) is 18.5 Å². The average molecular weight is 250 g/mol.